The molecular formula is C13H11F3N2. The van der Waals surface area contributed by atoms with E-state index in [4.69, 9.17) is 11.7 Å². The van der Waals surface area contributed by atoms with Crippen LogP contribution in [0.25, 0.3) is 0 Å². The SMILES string of the molecule is C#CCC(C)Nc1ccc(C(F)(F)F)cc1C#N. The van der Waals surface area contributed by atoms with Gasteiger partial charge in [0.1, 0.15) is 6.07 Å². The zero-order valence-electron chi connectivity index (χ0n) is 9.67. The zero-order valence-corrected chi connectivity index (χ0v) is 9.67. The third kappa shape index (κ3) is 3.43. The van der Waals surface area contributed by atoms with Crippen LogP contribution in [0, 0.1) is 23.7 Å². The molecular weight excluding hydrogens is 241 g/mol. The molecule has 0 radical (unpaired) electrons. The van der Waals surface area contributed by atoms with Gasteiger partial charge in [0.05, 0.1) is 16.8 Å². The Morgan fingerprint density at radius 1 is 1.44 bits per heavy atom. The first-order chi connectivity index (χ1) is 8.38. The molecule has 0 saturated carbocycles. The van der Waals surface area contributed by atoms with Crippen LogP contribution in [0.3, 0.4) is 0 Å². The molecule has 1 atom stereocenters. The maximum atomic E-state index is 12.5. The van der Waals surface area contributed by atoms with Gasteiger partial charge < -0.3 is 5.32 Å². The first-order valence-electron chi connectivity index (χ1n) is 5.20. The predicted octanol–water partition coefficient (Wildman–Crippen LogP) is 3.40. The quantitative estimate of drug-likeness (QED) is 0.837. The Balaban J connectivity index is 3.03. The molecule has 0 heterocycles. The Labute approximate surface area is 103 Å². The molecule has 1 aromatic carbocycles. The average molecular weight is 252 g/mol. The fourth-order valence-corrected chi connectivity index (χ4v) is 1.43. The van der Waals surface area contributed by atoms with Gasteiger partial charge in [-0.05, 0) is 25.1 Å². The van der Waals surface area contributed by atoms with Crippen molar-refractivity contribution >= 4 is 5.69 Å². The molecule has 0 saturated heterocycles. The summed E-state index contributed by atoms with van der Waals surface area (Å²) in [6.07, 6.45) is 1.10. The Hall–Kier alpha value is -2.14. The molecule has 0 amide bonds. The van der Waals surface area contributed by atoms with E-state index in [-0.39, 0.29) is 11.6 Å². The molecule has 0 fully saturated rings. The van der Waals surface area contributed by atoms with Gasteiger partial charge >= 0.3 is 6.18 Å². The van der Waals surface area contributed by atoms with Gasteiger partial charge in [-0.25, -0.2) is 0 Å². The van der Waals surface area contributed by atoms with Crippen molar-refractivity contribution in [1.82, 2.24) is 0 Å². The Morgan fingerprint density at radius 2 is 2.11 bits per heavy atom. The number of rotatable bonds is 3. The Bertz CT molecular complexity index is 506. The fraction of sp³-hybridized carbons (Fsp3) is 0.308. The minimum atomic E-state index is -4.45. The molecule has 2 nitrogen and oxygen atoms in total. The monoisotopic (exact) mass is 252 g/mol. The van der Waals surface area contributed by atoms with E-state index in [0.29, 0.717) is 12.1 Å². The number of nitriles is 1. The fourth-order valence-electron chi connectivity index (χ4n) is 1.43. The van der Waals surface area contributed by atoms with Crippen molar-refractivity contribution in [1.29, 1.82) is 5.26 Å². The number of hydrogen-bond acceptors (Lipinski definition) is 2. The second-order valence-electron chi connectivity index (χ2n) is 3.82. The molecule has 0 aliphatic rings. The lowest BCUT2D eigenvalue weighted by molar-refractivity contribution is -0.137. The van der Waals surface area contributed by atoms with Crippen LogP contribution in [0.15, 0.2) is 18.2 Å². The molecule has 5 heteroatoms. The van der Waals surface area contributed by atoms with Crippen LogP contribution in [0.5, 0.6) is 0 Å². The summed E-state index contributed by atoms with van der Waals surface area (Å²) in [4.78, 5) is 0. The average Bonchev–Trinajstić information content (AvgIpc) is 2.28. The first kappa shape index (κ1) is 13.9. The van der Waals surface area contributed by atoms with Gasteiger partial charge in [-0.15, -0.1) is 12.3 Å². The number of benzene rings is 1. The summed E-state index contributed by atoms with van der Waals surface area (Å²) in [5, 5.41) is 11.8. The van der Waals surface area contributed by atoms with Gasteiger partial charge in [0.25, 0.3) is 0 Å². The molecule has 0 spiro atoms. The van der Waals surface area contributed by atoms with Gasteiger partial charge in [0, 0.05) is 12.5 Å². The van der Waals surface area contributed by atoms with Crippen LogP contribution < -0.4 is 5.32 Å². The first-order valence-corrected chi connectivity index (χ1v) is 5.20. The van der Waals surface area contributed by atoms with E-state index in [1.54, 1.807) is 13.0 Å². The number of anilines is 1. The summed E-state index contributed by atoms with van der Waals surface area (Å²) in [7, 11) is 0. The zero-order chi connectivity index (χ0) is 13.8. The molecule has 1 N–H and O–H groups in total. The van der Waals surface area contributed by atoms with E-state index < -0.39 is 11.7 Å². The number of nitrogens with zero attached hydrogens (tertiary/aromatic N) is 1. The van der Waals surface area contributed by atoms with Crippen LogP contribution in [0.2, 0.25) is 0 Å². The van der Waals surface area contributed by atoms with Crippen LogP contribution in [-0.2, 0) is 6.18 Å². The summed E-state index contributed by atoms with van der Waals surface area (Å²) in [5.74, 6) is 2.44. The summed E-state index contributed by atoms with van der Waals surface area (Å²) in [6.45, 7) is 1.79. The van der Waals surface area contributed by atoms with Crippen molar-refractivity contribution in [2.75, 3.05) is 5.32 Å². The van der Waals surface area contributed by atoms with E-state index in [1.807, 2.05) is 0 Å². The van der Waals surface area contributed by atoms with Crippen LogP contribution in [0.4, 0.5) is 18.9 Å². The third-order valence-electron chi connectivity index (χ3n) is 2.29. The lowest BCUT2D eigenvalue weighted by Crippen LogP contribution is -2.15. The van der Waals surface area contributed by atoms with E-state index in [9.17, 15) is 13.2 Å². The second-order valence-corrected chi connectivity index (χ2v) is 3.82. The van der Waals surface area contributed by atoms with Crippen molar-refractivity contribution in [2.24, 2.45) is 0 Å². The number of terminal acetylenes is 1. The minimum absolute atomic E-state index is 0.0475. The van der Waals surface area contributed by atoms with Crippen molar-refractivity contribution in [2.45, 2.75) is 25.6 Å². The van der Waals surface area contributed by atoms with Crippen molar-refractivity contribution in [3.05, 3.63) is 29.3 Å². The molecule has 0 aliphatic heterocycles. The molecule has 1 aromatic rings. The van der Waals surface area contributed by atoms with E-state index in [2.05, 4.69) is 11.2 Å². The van der Waals surface area contributed by atoms with Crippen molar-refractivity contribution in [3.8, 4) is 18.4 Å². The van der Waals surface area contributed by atoms with Gasteiger partial charge in [-0.1, -0.05) is 0 Å². The van der Waals surface area contributed by atoms with Crippen LogP contribution >= 0.6 is 0 Å². The van der Waals surface area contributed by atoms with E-state index >= 15 is 0 Å². The molecule has 0 bridgehead atoms. The smallest absolute Gasteiger partial charge is 0.381 e. The maximum absolute atomic E-state index is 12.5. The highest BCUT2D eigenvalue weighted by atomic mass is 19.4. The largest absolute Gasteiger partial charge is 0.416 e. The summed E-state index contributed by atoms with van der Waals surface area (Å²) in [5.41, 5.74) is -0.531. The van der Waals surface area contributed by atoms with Crippen LogP contribution in [0.1, 0.15) is 24.5 Å². The van der Waals surface area contributed by atoms with Gasteiger partial charge in [0.2, 0.25) is 0 Å². The lowest BCUT2D eigenvalue weighted by Gasteiger charge is -2.15. The highest BCUT2D eigenvalue weighted by molar-refractivity contribution is 5.59. The Morgan fingerprint density at radius 3 is 2.61 bits per heavy atom. The molecule has 94 valence electrons. The van der Waals surface area contributed by atoms with E-state index in [1.165, 1.54) is 6.07 Å². The third-order valence-corrected chi connectivity index (χ3v) is 2.29. The molecule has 1 unspecified atom stereocenters. The summed E-state index contributed by atoms with van der Waals surface area (Å²) < 4.78 is 37.4. The molecule has 0 aromatic heterocycles. The standard InChI is InChI=1S/C13H11F3N2/c1-3-4-9(2)18-12-6-5-11(13(14,15)16)7-10(12)8-17/h1,5-7,9,18H,4H2,2H3. The summed E-state index contributed by atoms with van der Waals surface area (Å²) >= 11 is 0. The molecule has 18 heavy (non-hydrogen) atoms. The van der Waals surface area contributed by atoms with Crippen molar-refractivity contribution < 1.29 is 13.2 Å². The number of hydrogen-bond donors (Lipinski definition) is 1. The lowest BCUT2D eigenvalue weighted by atomic mass is 10.1. The van der Waals surface area contributed by atoms with Gasteiger partial charge in [0.15, 0.2) is 0 Å². The number of nitrogens with one attached hydrogen (secondary N) is 1. The minimum Gasteiger partial charge on any atom is -0.381 e. The van der Waals surface area contributed by atoms with Gasteiger partial charge in [-0.3, -0.25) is 0 Å². The van der Waals surface area contributed by atoms with Crippen LogP contribution in [-0.4, -0.2) is 6.04 Å². The number of halogens is 3. The maximum Gasteiger partial charge on any atom is 0.416 e. The highest BCUT2D eigenvalue weighted by Crippen LogP contribution is 2.31. The molecule has 1 rings (SSSR count). The van der Waals surface area contributed by atoms with E-state index in [0.717, 1.165) is 12.1 Å². The summed E-state index contributed by atoms with van der Waals surface area (Å²) in [6, 6.07) is 4.63. The number of alkyl halides is 3. The topological polar surface area (TPSA) is 35.8 Å². The Kier molecular flexibility index (Phi) is 4.23. The van der Waals surface area contributed by atoms with Gasteiger partial charge in [-0.2, -0.15) is 18.4 Å². The predicted molar refractivity (Wildman–Crippen MR) is 62.7 cm³/mol. The molecule has 0 aliphatic carbocycles. The van der Waals surface area contributed by atoms with Crippen molar-refractivity contribution in [3.63, 3.8) is 0 Å². The second kappa shape index (κ2) is 5.46. The highest BCUT2D eigenvalue weighted by Gasteiger charge is 2.31. The normalized spacial score (nSPS) is 12.3.